The van der Waals surface area contributed by atoms with E-state index in [1.807, 2.05) is 49.4 Å². The first kappa shape index (κ1) is 14.6. The van der Waals surface area contributed by atoms with Gasteiger partial charge in [-0.15, -0.1) is 0 Å². The van der Waals surface area contributed by atoms with Crippen LogP contribution >= 0.6 is 0 Å². The lowest BCUT2D eigenvalue weighted by molar-refractivity contribution is 0.178. The fourth-order valence-electron chi connectivity index (χ4n) is 2.97. The van der Waals surface area contributed by atoms with Crippen LogP contribution in [0.15, 0.2) is 47.3 Å². The normalized spacial score (nSPS) is 12.7. The molecular formula is C18H20N2O2. The van der Waals surface area contributed by atoms with Gasteiger partial charge in [0, 0.05) is 20.5 Å². The molecule has 0 amide bonds. The Hall–Kier alpha value is -2.33. The summed E-state index contributed by atoms with van der Waals surface area (Å²) in [6.07, 6.45) is -0.0179. The van der Waals surface area contributed by atoms with E-state index in [9.17, 15) is 9.90 Å². The average Bonchev–Trinajstić information content (AvgIpc) is 2.72. The molecule has 114 valence electrons. The minimum Gasteiger partial charge on any atom is -0.388 e. The van der Waals surface area contributed by atoms with Crippen LogP contribution in [0.2, 0.25) is 0 Å². The SMILES string of the molecule is Cc1cc2c(cc1C(O)Cc1ccccc1)n(C)c(=O)n2C. The van der Waals surface area contributed by atoms with E-state index in [0.29, 0.717) is 6.42 Å². The molecule has 22 heavy (non-hydrogen) atoms. The molecule has 4 heteroatoms. The maximum Gasteiger partial charge on any atom is 0.328 e. The van der Waals surface area contributed by atoms with E-state index in [1.54, 1.807) is 23.2 Å². The van der Waals surface area contributed by atoms with E-state index in [2.05, 4.69) is 0 Å². The van der Waals surface area contributed by atoms with Gasteiger partial charge in [-0.25, -0.2) is 4.79 Å². The predicted octanol–water partition coefficient (Wildman–Crippen LogP) is 2.46. The van der Waals surface area contributed by atoms with Crippen LogP contribution in [0.1, 0.15) is 22.8 Å². The molecule has 0 spiro atoms. The summed E-state index contributed by atoms with van der Waals surface area (Å²) in [7, 11) is 3.53. The van der Waals surface area contributed by atoms with Crippen molar-refractivity contribution in [2.75, 3.05) is 0 Å². The molecule has 0 bridgehead atoms. The quantitative estimate of drug-likeness (QED) is 0.807. The van der Waals surface area contributed by atoms with Gasteiger partial charge in [-0.05, 0) is 35.7 Å². The molecule has 1 aromatic heterocycles. The number of rotatable bonds is 3. The summed E-state index contributed by atoms with van der Waals surface area (Å²) in [5, 5.41) is 10.6. The lowest BCUT2D eigenvalue weighted by Gasteiger charge is -2.14. The van der Waals surface area contributed by atoms with Crippen LogP contribution in [-0.4, -0.2) is 14.2 Å². The third-order valence-corrected chi connectivity index (χ3v) is 4.29. The van der Waals surface area contributed by atoms with Crippen LogP contribution in [0, 0.1) is 6.92 Å². The molecule has 0 saturated carbocycles. The molecule has 0 aliphatic heterocycles. The number of aliphatic hydroxyl groups is 1. The molecule has 0 saturated heterocycles. The summed E-state index contributed by atoms with van der Waals surface area (Å²) < 4.78 is 3.25. The first-order valence-corrected chi connectivity index (χ1v) is 7.37. The van der Waals surface area contributed by atoms with Crippen LogP contribution in [0.5, 0.6) is 0 Å². The zero-order valence-corrected chi connectivity index (χ0v) is 13.1. The highest BCUT2D eigenvalue weighted by Crippen LogP contribution is 2.26. The van der Waals surface area contributed by atoms with Crippen molar-refractivity contribution < 1.29 is 5.11 Å². The molecule has 1 heterocycles. The maximum absolute atomic E-state index is 12.0. The Morgan fingerprint density at radius 3 is 2.27 bits per heavy atom. The van der Waals surface area contributed by atoms with Crippen LogP contribution in [0.4, 0.5) is 0 Å². The van der Waals surface area contributed by atoms with Gasteiger partial charge in [-0.1, -0.05) is 30.3 Å². The monoisotopic (exact) mass is 296 g/mol. The highest BCUT2D eigenvalue weighted by Gasteiger charge is 2.16. The number of hydrogen-bond acceptors (Lipinski definition) is 2. The molecule has 2 aromatic carbocycles. The van der Waals surface area contributed by atoms with Crippen LogP contribution in [-0.2, 0) is 20.5 Å². The maximum atomic E-state index is 12.0. The molecule has 4 nitrogen and oxygen atoms in total. The van der Waals surface area contributed by atoms with Crippen molar-refractivity contribution in [2.45, 2.75) is 19.4 Å². The Kier molecular flexibility index (Phi) is 3.62. The molecule has 1 atom stereocenters. The van der Waals surface area contributed by atoms with E-state index in [-0.39, 0.29) is 5.69 Å². The lowest BCUT2D eigenvalue weighted by Crippen LogP contribution is -2.19. The van der Waals surface area contributed by atoms with Crippen LogP contribution in [0.3, 0.4) is 0 Å². The van der Waals surface area contributed by atoms with Gasteiger partial charge in [-0.2, -0.15) is 0 Å². The number of fused-ring (bicyclic) bond motifs is 1. The van der Waals surface area contributed by atoms with Crippen LogP contribution < -0.4 is 5.69 Å². The third-order valence-electron chi connectivity index (χ3n) is 4.29. The van der Waals surface area contributed by atoms with Crippen molar-refractivity contribution in [3.05, 3.63) is 69.6 Å². The molecule has 0 aliphatic rings. The van der Waals surface area contributed by atoms with Gasteiger partial charge in [0.25, 0.3) is 0 Å². The fourth-order valence-corrected chi connectivity index (χ4v) is 2.97. The lowest BCUT2D eigenvalue weighted by atomic mass is 9.97. The van der Waals surface area contributed by atoms with Gasteiger partial charge >= 0.3 is 5.69 Å². The molecule has 0 fully saturated rings. The van der Waals surface area contributed by atoms with Crippen molar-refractivity contribution in [3.8, 4) is 0 Å². The smallest absolute Gasteiger partial charge is 0.328 e. The van der Waals surface area contributed by atoms with E-state index < -0.39 is 6.10 Å². The van der Waals surface area contributed by atoms with Gasteiger partial charge in [-0.3, -0.25) is 9.13 Å². The zero-order valence-electron chi connectivity index (χ0n) is 13.1. The number of aromatic nitrogens is 2. The largest absolute Gasteiger partial charge is 0.388 e. The van der Waals surface area contributed by atoms with E-state index >= 15 is 0 Å². The third kappa shape index (κ3) is 2.35. The highest BCUT2D eigenvalue weighted by molar-refractivity contribution is 5.78. The summed E-state index contributed by atoms with van der Waals surface area (Å²) in [6, 6.07) is 13.8. The number of hydrogen-bond donors (Lipinski definition) is 1. The topological polar surface area (TPSA) is 47.2 Å². The summed E-state index contributed by atoms with van der Waals surface area (Å²) in [6.45, 7) is 1.97. The summed E-state index contributed by atoms with van der Waals surface area (Å²) in [5.41, 5.74) is 4.65. The summed E-state index contributed by atoms with van der Waals surface area (Å²) in [5.74, 6) is 0. The molecule has 1 N–H and O–H groups in total. The summed E-state index contributed by atoms with van der Waals surface area (Å²) in [4.78, 5) is 12.0. The molecule has 3 aromatic rings. The minimum absolute atomic E-state index is 0.0518. The Balaban J connectivity index is 2.05. The first-order valence-electron chi connectivity index (χ1n) is 7.37. The van der Waals surface area contributed by atoms with Gasteiger partial charge in [0.05, 0.1) is 17.1 Å². The van der Waals surface area contributed by atoms with Crippen molar-refractivity contribution >= 4 is 11.0 Å². The van der Waals surface area contributed by atoms with Gasteiger partial charge in [0.1, 0.15) is 0 Å². The second kappa shape index (κ2) is 5.46. The van der Waals surface area contributed by atoms with Crippen LogP contribution in [0.25, 0.3) is 11.0 Å². The molecule has 0 radical (unpaired) electrons. The number of nitrogens with zero attached hydrogens (tertiary/aromatic N) is 2. The number of benzene rings is 2. The zero-order chi connectivity index (χ0) is 15.9. The van der Waals surface area contributed by atoms with Crippen molar-refractivity contribution in [2.24, 2.45) is 14.1 Å². The Bertz CT molecular complexity index is 875. The Labute approximate surface area is 129 Å². The second-order valence-corrected chi connectivity index (χ2v) is 5.80. The molecular weight excluding hydrogens is 276 g/mol. The van der Waals surface area contributed by atoms with Crippen molar-refractivity contribution in [1.82, 2.24) is 9.13 Å². The van der Waals surface area contributed by atoms with Crippen molar-refractivity contribution in [1.29, 1.82) is 0 Å². The fraction of sp³-hybridized carbons (Fsp3) is 0.278. The molecule has 0 aliphatic carbocycles. The Morgan fingerprint density at radius 2 is 1.64 bits per heavy atom. The first-order chi connectivity index (χ1) is 10.5. The Morgan fingerprint density at radius 1 is 1.05 bits per heavy atom. The average molecular weight is 296 g/mol. The number of aliphatic hydroxyl groups excluding tert-OH is 1. The standard InChI is InChI=1S/C18H20N2O2/c1-12-9-15-16(20(3)18(22)19(15)2)11-14(12)17(21)10-13-7-5-4-6-8-13/h4-9,11,17,21H,10H2,1-3H3. The molecule has 1 unspecified atom stereocenters. The highest BCUT2D eigenvalue weighted by atomic mass is 16.3. The second-order valence-electron chi connectivity index (χ2n) is 5.80. The predicted molar refractivity (Wildman–Crippen MR) is 88.0 cm³/mol. The molecule has 3 rings (SSSR count). The van der Waals surface area contributed by atoms with Crippen molar-refractivity contribution in [3.63, 3.8) is 0 Å². The minimum atomic E-state index is -0.581. The van der Waals surface area contributed by atoms with Gasteiger partial charge in [0.15, 0.2) is 0 Å². The number of imidazole rings is 1. The van der Waals surface area contributed by atoms with E-state index in [0.717, 1.165) is 27.7 Å². The number of aryl methyl sites for hydroxylation is 3. The van der Waals surface area contributed by atoms with E-state index in [4.69, 9.17) is 0 Å². The summed E-state index contributed by atoms with van der Waals surface area (Å²) >= 11 is 0. The van der Waals surface area contributed by atoms with Gasteiger partial charge < -0.3 is 5.11 Å². The van der Waals surface area contributed by atoms with E-state index in [1.165, 1.54) is 0 Å². The van der Waals surface area contributed by atoms with Gasteiger partial charge in [0.2, 0.25) is 0 Å².